The summed E-state index contributed by atoms with van der Waals surface area (Å²) in [7, 11) is 0. The highest BCUT2D eigenvalue weighted by molar-refractivity contribution is 5.26. The quantitative estimate of drug-likeness (QED) is 0.902. The van der Waals surface area contributed by atoms with Crippen LogP contribution in [-0.4, -0.2) is 4.98 Å². The first-order valence-corrected chi connectivity index (χ1v) is 6.67. The molecule has 2 aromatic rings. The lowest BCUT2D eigenvalue weighted by Crippen LogP contribution is -2.14. The fraction of sp³-hybridized carbons (Fsp3) is 0.353. The van der Waals surface area contributed by atoms with E-state index in [4.69, 9.17) is 0 Å². The Morgan fingerprint density at radius 1 is 1.11 bits per heavy atom. The van der Waals surface area contributed by atoms with Crippen LogP contribution in [0.2, 0.25) is 0 Å². The number of rotatable bonds is 4. The Labute approximate surface area is 115 Å². The van der Waals surface area contributed by atoms with E-state index in [9.17, 15) is 0 Å². The van der Waals surface area contributed by atoms with Crippen molar-refractivity contribution in [3.05, 3.63) is 65.5 Å². The molecule has 1 N–H and O–H groups in total. The monoisotopic (exact) mass is 253 g/mol. The molecule has 1 aromatic carbocycles. The fourth-order valence-corrected chi connectivity index (χ4v) is 1.87. The summed E-state index contributed by atoms with van der Waals surface area (Å²) < 4.78 is 0. The minimum Gasteiger partial charge on any atom is -0.307 e. The standard InChI is InChI=1S/C17H21N2/c1-17(2,3)15-9-7-14(8-10-15)12-18-13-16-6-4-5-11-19-16/h4-9,11,18H,12-13H2,1-3H3. The van der Waals surface area contributed by atoms with Crippen molar-refractivity contribution in [2.75, 3.05) is 0 Å². The number of hydrogen-bond acceptors (Lipinski definition) is 2. The molecule has 2 heteroatoms. The Hall–Kier alpha value is -1.67. The van der Waals surface area contributed by atoms with Gasteiger partial charge in [0.05, 0.1) is 5.69 Å². The van der Waals surface area contributed by atoms with Gasteiger partial charge in [0.25, 0.3) is 0 Å². The average molecular weight is 253 g/mol. The molecular formula is C17H21N2. The van der Waals surface area contributed by atoms with E-state index in [-0.39, 0.29) is 5.41 Å². The lowest BCUT2D eigenvalue weighted by molar-refractivity contribution is 0.588. The number of nitrogens with one attached hydrogen (secondary N) is 1. The molecule has 0 saturated heterocycles. The minimum atomic E-state index is 0.167. The van der Waals surface area contributed by atoms with Crippen LogP contribution in [0.15, 0.2) is 42.6 Å². The molecule has 0 saturated carbocycles. The highest BCUT2D eigenvalue weighted by atomic mass is 14.9. The Balaban J connectivity index is 1.87. The van der Waals surface area contributed by atoms with Crippen molar-refractivity contribution >= 4 is 0 Å². The van der Waals surface area contributed by atoms with Crippen LogP contribution in [0.25, 0.3) is 0 Å². The Bertz CT molecular complexity index is 495. The van der Waals surface area contributed by atoms with Crippen LogP contribution in [-0.2, 0) is 18.5 Å². The first-order valence-electron chi connectivity index (χ1n) is 6.67. The van der Waals surface area contributed by atoms with E-state index in [0.29, 0.717) is 0 Å². The highest BCUT2D eigenvalue weighted by Gasteiger charge is 2.12. The van der Waals surface area contributed by atoms with Crippen molar-refractivity contribution in [3.63, 3.8) is 0 Å². The van der Waals surface area contributed by atoms with Crippen LogP contribution < -0.4 is 5.32 Å². The van der Waals surface area contributed by atoms with E-state index in [1.165, 1.54) is 11.1 Å². The molecule has 0 unspecified atom stereocenters. The third kappa shape index (κ3) is 4.18. The zero-order chi connectivity index (χ0) is 13.7. The van der Waals surface area contributed by atoms with Gasteiger partial charge in [0, 0.05) is 19.3 Å². The molecule has 1 heterocycles. The third-order valence-electron chi connectivity index (χ3n) is 3.05. The van der Waals surface area contributed by atoms with Gasteiger partial charge < -0.3 is 5.32 Å². The van der Waals surface area contributed by atoms with E-state index in [1.807, 2.05) is 24.4 Å². The second-order valence-corrected chi connectivity index (χ2v) is 5.79. The lowest BCUT2D eigenvalue weighted by atomic mass is 9.87. The summed E-state index contributed by atoms with van der Waals surface area (Å²) >= 11 is 0. The molecular weight excluding hydrogens is 232 g/mol. The van der Waals surface area contributed by atoms with Gasteiger partial charge >= 0.3 is 0 Å². The molecule has 0 fully saturated rings. The molecule has 0 bridgehead atoms. The second kappa shape index (κ2) is 5.98. The molecule has 19 heavy (non-hydrogen) atoms. The van der Waals surface area contributed by atoms with Crippen LogP contribution in [0.4, 0.5) is 0 Å². The number of benzene rings is 1. The van der Waals surface area contributed by atoms with E-state index < -0.39 is 0 Å². The van der Waals surface area contributed by atoms with Gasteiger partial charge in [-0.1, -0.05) is 39.0 Å². The molecule has 0 spiro atoms. The molecule has 1 radical (unpaired) electrons. The molecule has 0 aliphatic heterocycles. The normalized spacial score (nSPS) is 11.5. The summed E-state index contributed by atoms with van der Waals surface area (Å²) in [4.78, 5) is 4.29. The summed E-state index contributed by atoms with van der Waals surface area (Å²) in [5.74, 6) is 0. The summed E-state index contributed by atoms with van der Waals surface area (Å²) in [6, 6.07) is 15.8. The first-order chi connectivity index (χ1) is 9.05. The largest absolute Gasteiger partial charge is 0.307 e. The number of nitrogens with zero attached hydrogens (tertiary/aromatic N) is 1. The van der Waals surface area contributed by atoms with Crippen LogP contribution in [0.5, 0.6) is 0 Å². The van der Waals surface area contributed by atoms with Gasteiger partial charge in [0.2, 0.25) is 0 Å². The predicted molar refractivity (Wildman–Crippen MR) is 78.8 cm³/mol. The highest BCUT2D eigenvalue weighted by Crippen LogP contribution is 2.21. The molecule has 0 aliphatic rings. The van der Waals surface area contributed by atoms with Crippen molar-refractivity contribution in [2.45, 2.75) is 39.3 Å². The van der Waals surface area contributed by atoms with Crippen molar-refractivity contribution in [2.24, 2.45) is 0 Å². The molecule has 0 atom stereocenters. The maximum absolute atomic E-state index is 4.29. The summed E-state index contributed by atoms with van der Waals surface area (Å²) in [5.41, 5.74) is 3.74. The number of hydrogen-bond donors (Lipinski definition) is 1. The smallest absolute Gasteiger partial charge is 0.0541 e. The van der Waals surface area contributed by atoms with Gasteiger partial charge in [-0.3, -0.25) is 4.98 Å². The van der Waals surface area contributed by atoms with E-state index >= 15 is 0 Å². The van der Waals surface area contributed by atoms with Crippen molar-refractivity contribution in [3.8, 4) is 0 Å². The summed E-state index contributed by atoms with van der Waals surface area (Å²) in [5, 5.41) is 3.39. The van der Waals surface area contributed by atoms with Crippen molar-refractivity contribution in [1.82, 2.24) is 10.3 Å². The van der Waals surface area contributed by atoms with Crippen LogP contribution in [0.1, 0.15) is 37.6 Å². The van der Waals surface area contributed by atoms with Gasteiger partial charge in [-0.25, -0.2) is 0 Å². The Morgan fingerprint density at radius 2 is 1.95 bits per heavy atom. The molecule has 99 valence electrons. The lowest BCUT2D eigenvalue weighted by Gasteiger charge is -2.18. The zero-order valence-electron chi connectivity index (χ0n) is 11.9. The van der Waals surface area contributed by atoms with Crippen molar-refractivity contribution in [1.29, 1.82) is 0 Å². The fourth-order valence-electron chi connectivity index (χ4n) is 1.87. The summed E-state index contributed by atoms with van der Waals surface area (Å²) in [6.45, 7) is 8.26. The van der Waals surface area contributed by atoms with E-state index in [1.54, 1.807) is 0 Å². The first kappa shape index (κ1) is 13.8. The third-order valence-corrected chi connectivity index (χ3v) is 3.05. The minimum absolute atomic E-state index is 0.167. The topological polar surface area (TPSA) is 24.9 Å². The van der Waals surface area contributed by atoms with E-state index in [0.717, 1.165) is 18.8 Å². The van der Waals surface area contributed by atoms with Gasteiger partial charge in [0.15, 0.2) is 0 Å². The molecule has 1 aromatic heterocycles. The second-order valence-electron chi connectivity index (χ2n) is 5.79. The number of pyridine rings is 1. The maximum atomic E-state index is 4.29. The Kier molecular flexibility index (Phi) is 4.33. The van der Waals surface area contributed by atoms with Crippen LogP contribution >= 0.6 is 0 Å². The maximum Gasteiger partial charge on any atom is 0.0541 e. The van der Waals surface area contributed by atoms with Gasteiger partial charge in [-0.05, 0) is 40.8 Å². The predicted octanol–water partition coefficient (Wildman–Crippen LogP) is 3.47. The van der Waals surface area contributed by atoms with Crippen LogP contribution in [0.3, 0.4) is 0 Å². The Morgan fingerprint density at radius 3 is 2.53 bits per heavy atom. The molecule has 2 nitrogen and oxygen atoms in total. The van der Waals surface area contributed by atoms with E-state index in [2.05, 4.69) is 55.3 Å². The van der Waals surface area contributed by atoms with Gasteiger partial charge in [-0.15, -0.1) is 0 Å². The average Bonchev–Trinajstić information content (AvgIpc) is 2.39. The molecule has 2 rings (SSSR count). The molecule has 0 amide bonds. The van der Waals surface area contributed by atoms with Crippen LogP contribution in [0, 0.1) is 6.07 Å². The van der Waals surface area contributed by atoms with Crippen molar-refractivity contribution < 1.29 is 0 Å². The SMILES string of the molecule is CC(C)(C)c1[c]cc(CNCc2ccccn2)cc1. The summed E-state index contributed by atoms with van der Waals surface area (Å²) in [6.07, 6.45) is 1.82. The zero-order valence-corrected chi connectivity index (χ0v) is 11.9. The number of aromatic nitrogens is 1. The van der Waals surface area contributed by atoms with Gasteiger partial charge in [0.1, 0.15) is 0 Å². The van der Waals surface area contributed by atoms with Gasteiger partial charge in [-0.2, -0.15) is 0 Å². The molecule has 0 aliphatic carbocycles.